The van der Waals surface area contributed by atoms with Crippen LogP contribution in [0.5, 0.6) is 0 Å². The molecule has 2 atom stereocenters. The van der Waals surface area contributed by atoms with Crippen molar-refractivity contribution >= 4 is 16.5 Å². The van der Waals surface area contributed by atoms with E-state index in [9.17, 15) is 0 Å². The summed E-state index contributed by atoms with van der Waals surface area (Å²) in [5, 5.41) is 10.9. The second-order valence-electron chi connectivity index (χ2n) is 5.90. The molecular formula is C15H18N4S. The maximum atomic E-state index is 4.40. The molecule has 0 spiro atoms. The van der Waals surface area contributed by atoms with Crippen LogP contribution in [0.2, 0.25) is 0 Å². The van der Waals surface area contributed by atoms with Gasteiger partial charge in [0.25, 0.3) is 0 Å². The predicted octanol–water partition coefficient (Wildman–Crippen LogP) is 2.20. The fourth-order valence-electron chi connectivity index (χ4n) is 3.42. The summed E-state index contributed by atoms with van der Waals surface area (Å²) < 4.78 is 0. The van der Waals surface area contributed by atoms with Crippen molar-refractivity contribution in [1.82, 2.24) is 15.1 Å². The lowest BCUT2D eigenvalue weighted by atomic mass is 10.0. The van der Waals surface area contributed by atoms with Gasteiger partial charge in [0.05, 0.1) is 0 Å². The highest BCUT2D eigenvalue weighted by Gasteiger charge is 2.39. The van der Waals surface area contributed by atoms with Gasteiger partial charge in [-0.2, -0.15) is 0 Å². The Balaban J connectivity index is 1.52. The number of fused-ring (bicyclic) bond motifs is 1. The van der Waals surface area contributed by atoms with Gasteiger partial charge < -0.3 is 9.80 Å². The van der Waals surface area contributed by atoms with Crippen molar-refractivity contribution in [2.75, 3.05) is 38.1 Å². The Morgan fingerprint density at radius 1 is 1.00 bits per heavy atom. The Bertz CT molecular complexity index is 583. The van der Waals surface area contributed by atoms with Crippen molar-refractivity contribution in [3.8, 4) is 10.6 Å². The summed E-state index contributed by atoms with van der Waals surface area (Å²) in [5.74, 6) is 1.62. The van der Waals surface area contributed by atoms with Crippen LogP contribution in [0.4, 0.5) is 5.13 Å². The molecule has 0 saturated carbocycles. The fraction of sp³-hybridized carbons (Fsp3) is 0.467. The molecule has 0 aliphatic carbocycles. The smallest absolute Gasteiger partial charge is 0.208 e. The van der Waals surface area contributed by atoms with Crippen molar-refractivity contribution in [2.24, 2.45) is 11.8 Å². The van der Waals surface area contributed by atoms with E-state index in [1.165, 1.54) is 13.1 Å². The Morgan fingerprint density at radius 2 is 1.70 bits per heavy atom. The van der Waals surface area contributed by atoms with Gasteiger partial charge in [-0.05, 0) is 18.9 Å². The van der Waals surface area contributed by atoms with Gasteiger partial charge in [0.15, 0.2) is 0 Å². The summed E-state index contributed by atoms with van der Waals surface area (Å²) in [6, 6.07) is 10.3. The number of hydrogen-bond donors (Lipinski definition) is 0. The monoisotopic (exact) mass is 286 g/mol. The van der Waals surface area contributed by atoms with E-state index in [1.807, 2.05) is 18.2 Å². The molecule has 5 heteroatoms. The first-order valence-electron chi connectivity index (χ1n) is 7.12. The van der Waals surface area contributed by atoms with E-state index < -0.39 is 0 Å². The molecule has 4 rings (SSSR count). The standard InChI is InChI=1S/C15H18N4S/c1-18-7-12-9-19(10-13(12)8-18)15-17-16-14(20-15)11-5-3-2-4-6-11/h2-6,12-13H,7-10H2,1H3. The Kier molecular flexibility index (Phi) is 2.97. The topological polar surface area (TPSA) is 32.3 Å². The van der Waals surface area contributed by atoms with E-state index >= 15 is 0 Å². The lowest BCUT2D eigenvalue weighted by Crippen LogP contribution is -2.26. The SMILES string of the molecule is CN1CC2CN(c3nnc(-c4ccccc4)s3)CC2C1. The highest BCUT2D eigenvalue weighted by atomic mass is 32.1. The van der Waals surface area contributed by atoms with Crippen LogP contribution in [0.25, 0.3) is 10.6 Å². The highest BCUT2D eigenvalue weighted by Crippen LogP contribution is 2.36. The van der Waals surface area contributed by atoms with Gasteiger partial charge in [-0.25, -0.2) is 0 Å². The molecule has 20 heavy (non-hydrogen) atoms. The van der Waals surface area contributed by atoms with Crippen LogP contribution in [0, 0.1) is 11.8 Å². The summed E-state index contributed by atoms with van der Waals surface area (Å²) in [5.41, 5.74) is 1.16. The van der Waals surface area contributed by atoms with Gasteiger partial charge >= 0.3 is 0 Å². The van der Waals surface area contributed by atoms with Gasteiger partial charge in [-0.3, -0.25) is 0 Å². The Labute approximate surface area is 123 Å². The molecule has 104 valence electrons. The van der Waals surface area contributed by atoms with Crippen LogP contribution >= 0.6 is 11.3 Å². The molecule has 0 radical (unpaired) electrons. The minimum atomic E-state index is 0.809. The number of benzene rings is 1. The number of nitrogens with zero attached hydrogens (tertiary/aromatic N) is 4. The van der Waals surface area contributed by atoms with Gasteiger partial charge in [0.2, 0.25) is 5.13 Å². The van der Waals surface area contributed by atoms with Gasteiger partial charge in [0, 0.05) is 31.7 Å². The minimum absolute atomic E-state index is 0.809. The van der Waals surface area contributed by atoms with E-state index in [2.05, 4.69) is 39.2 Å². The largest absolute Gasteiger partial charge is 0.346 e. The summed E-state index contributed by atoms with van der Waals surface area (Å²) in [4.78, 5) is 4.87. The molecule has 2 aliphatic rings. The molecular weight excluding hydrogens is 268 g/mol. The second-order valence-corrected chi connectivity index (χ2v) is 6.86. The van der Waals surface area contributed by atoms with Crippen LogP contribution in [-0.2, 0) is 0 Å². The maximum absolute atomic E-state index is 4.40. The summed E-state index contributed by atoms with van der Waals surface area (Å²) in [6.07, 6.45) is 0. The quantitative estimate of drug-likeness (QED) is 0.847. The van der Waals surface area contributed by atoms with Crippen LogP contribution in [0.3, 0.4) is 0 Å². The third kappa shape index (κ3) is 2.11. The zero-order valence-electron chi connectivity index (χ0n) is 11.6. The zero-order chi connectivity index (χ0) is 13.5. The lowest BCUT2D eigenvalue weighted by molar-refractivity contribution is 0.387. The average molecular weight is 286 g/mol. The summed E-state index contributed by atoms with van der Waals surface area (Å²) in [7, 11) is 2.22. The maximum Gasteiger partial charge on any atom is 0.208 e. The number of likely N-dealkylation sites (tertiary alicyclic amines) is 1. The number of anilines is 1. The van der Waals surface area contributed by atoms with Crippen LogP contribution < -0.4 is 4.90 Å². The van der Waals surface area contributed by atoms with E-state index in [4.69, 9.17) is 0 Å². The first-order valence-corrected chi connectivity index (χ1v) is 7.93. The summed E-state index contributed by atoms with van der Waals surface area (Å²) in [6.45, 7) is 4.73. The molecule has 1 aromatic heterocycles. The number of rotatable bonds is 2. The highest BCUT2D eigenvalue weighted by molar-refractivity contribution is 7.18. The molecule has 2 unspecified atom stereocenters. The van der Waals surface area contributed by atoms with E-state index in [0.29, 0.717) is 0 Å². The van der Waals surface area contributed by atoms with E-state index in [0.717, 1.165) is 40.6 Å². The van der Waals surface area contributed by atoms with Crippen molar-refractivity contribution in [2.45, 2.75) is 0 Å². The predicted molar refractivity (Wildman–Crippen MR) is 82.0 cm³/mol. The van der Waals surface area contributed by atoms with E-state index in [-0.39, 0.29) is 0 Å². The van der Waals surface area contributed by atoms with Crippen molar-refractivity contribution in [3.05, 3.63) is 30.3 Å². The molecule has 2 aliphatic heterocycles. The van der Waals surface area contributed by atoms with Gasteiger partial charge in [-0.1, -0.05) is 41.7 Å². The Morgan fingerprint density at radius 3 is 2.40 bits per heavy atom. The molecule has 0 N–H and O–H groups in total. The Hall–Kier alpha value is -1.46. The summed E-state index contributed by atoms with van der Waals surface area (Å²) >= 11 is 1.71. The molecule has 2 fully saturated rings. The first kappa shape index (κ1) is 12.3. The molecule has 0 amide bonds. The second kappa shape index (κ2) is 4.82. The van der Waals surface area contributed by atoms with Gasteiger partial charge in [-0.15, -0.1) is 10.2 Å². The number of aromatic nitrogens is 2. The van der Waals surface area contributed by atoms with Crippen LogP contribution in [-0.4, -0.2) is 48.3 Å². The minimum Gasteiger partial charge on any atom is -0.346 e. The third-order valence-corrected chi connectivity index (χ3v) is 5.41. The van der Waals surface area contributed by atoms with Crippen molar-refractivity contribution in [3.63, 3.8) is 0 Å². The van der Waals surface area contributed by atoms with Crippen LogP contribution in [0.15, 0.2) is 30.3 Å². The molecule has 0 bridgehead atoms. The van der Waals surface area contributed by atoms with Gasteiger partial charge in [0.1, 0.15) is 5.01 Å². The molecule has 4 nitrogen and oxygen atoms in total. The molecule has 2 saturated heterocycles. The molecule has 3 heterocycles. The fourth-order valence-corrected chi connectivity index (χ4v) is 4.29. The first-order chi connectivity index (χ1) is 9.79. The lowest BCUT2D eigenvalue weighted by Gasteiger charge is -2.17. The van der Waals surface area contributed by atoms with E-state index in [1.54, 1.807) is 11.3 Å². The zero-order valence-corrected chi connectivity index (χ0v) is 12.4. The third-order valence-electron chi connectivity index (χ3n) is 4.37. The van der Waals surface area contributed by atoms with Crippen molar-refractivity contribution < 1.29 is 0 Å². The molecule has 2 aromatic rings. The van der Waals surface area contributed by atoms with Crippen LogP contribution in [0.1, 0.15) is 0 Å². The normalized spacial score (nSPS) is 26.1. The molecule has 1 aromatic carbocycles. The number of hydrogen-bond acceptors (Lipinski definition) is 5. The average Bonchev–Trinajstić information content (AvgIpc) is 3.12. The van der Waals surface area contributed by atoms with Crippen molar-refractivity contribution in [1.29, 1.82) is 0 Å².